The van der Waals surface area contributed by atoms with Gasteiger partial charge in [0.25, 0.3) is 10.1 Å². The molecule has 0 aliphatic rings. The summed E-state index contributed by atoms with van der Waals surface area (Å²) in [6.07, 6.45) is 10.6. The van der Waals surface area contributed by atoms with Gasteiger partial charge in [0.05, 0.1) is 19.6 Å². The molecule has 0 aromatic rings. The second-order valence-electron chi connectivity index (χ2n) is 6.77. The summed E-state index contributed by atoms with van der Waals surface area (Å²) in [5, 5.41) is -1.98. The third-order valence-electron chi connectivity index (χ3n) is 4.27. The molecule has 1 atom stereocenters. The van der Waals surface area contributed by atoms with Crippen LogP contribution in [-0.2, 0) is 33.9 Å². The minimum atomic E-state index is -4.77. The number of methoxy groups -OCH3 is 1. The predicted octanol–water partition coefficient (Wildman–Crippen LogP) is 3.29. The molecule has 0 spiro atoms. The van der Waals surface area contributed by atoms with Crippen LogP contribution in [0.25, 0.3) is 0 Å². The van der Waals surface area contributed by atoms with Crippen LogP contribution in [0.1, 0.15) is 77.6 Å². The van der Waals surface area contributed by atoms with Crippen molar-refractivity contribution in [1.29, 1.82) is 0 Å². The Morgan fingerprint density at radius 2 is 1.36 bits per heavy atom. The molecule has 1 unspecified atom stereocenters. The third kappa shape index (κ3) is 14.8. The quantitative estimate of drug-likeness (QED) is 0.202. The summed E-state index contributed by atoms with van der Waals surface area (Å²) in [5.74, 6) is -2.06. The fourth-order valence-electron chi connectivity index (χ4n) is 2.61. The van der Waals surface area contributed by atoms with Crippen LogP contribution < -0.4 is 0 Å². The number of rotatable bonds is 18. The Kier molecular flexibility index (Phi) is 16.0. The lowest BCUT2D eigenvalue weighted by molar-refractivity contribution is -0.150. The lowest BCUT2D eigenvalue weighted by atomic mass is 10.1. The zero-order chi connectivity index (χ0) is 21.3. The van der Waals surface area contributed by atoms with Crippen LogP contribution in [0.3, 0.4) is 0 Å². The first kappa shape index (κ1) is 26.8. The number of hydrogen-bond acceptors (Lipinski definition) is 7. The van der Waals surface area contributed by atoms with Gasteiger partial charge in [-0.05, 0) is 6.42 Å². The molecule has 166 valence electrons. The van der Waals surface area contributed by atoms with Crippen molar-refractivity contribution >= 4 is 22.1 Å². The number of hydrogen-bond donors (Lipinski definition) is 1. The topological polar surface area (TPSA) is 116 Å². The number of unbranched alkanes of at least 4 members (excludes halogenated alkanes) is 9. The summed E-state index contributed by atoms with van der Waals surface area (Å²) in [6.45, 7) is 2.26. The highest BCUT2D eigenvalue weighted by Gasteiger charge is 2.35. The molecule has 1 N–H and O–H groups in total. The lowest BCUT2D eigenvalue weighted by Crippen LogP contribution is -2.35. The minimum absolute atomic E-state index is 0.0765. The molecule has 0 heterocycles. The Balaban J connectivity index is 3.93. The number of esters is 2. The second kappa shape index (κ2) is 16.7. The van der Waals surface area contributed by atoms with E-state index in [-0.39, 0.29) is 19.8 Å². The minimum Gasteiger partial charge on any atom is -0.466 e. The molecular weight excluding hydrogens is 388 g/mol. The Hall–Kier alpha value is -1.19. The molecule has 0 aliphatic heterocycles. The average molecular weight is 425 g/mol. The molecule has 0 rings (SSSR count). The third-order valence-corrected chi connectivity index (χ3v) is 5.35. The van der Waals surface area contributed by atoms with E-state index < -0.39 is 33.7 Å². The second-order valence-corrected chi connectivity index (χ2v) is 8.37. The van der Waals surface area contributed by atoms with Crippen LogP contribution in [0.4, 0.5) is 0 Å². The SMILES string of the molecule is CCCCCCCCCCCCOC(=O)CC(C(=O)OCCOC)S(=O)(=O)O. The summed E-state index contributed by atoms with van der Waals surface area (Å²) < 4.78 is 46.1. The monoisotopic (exact) mass is 424 g/mol. The Morgan fingerprint density at radius 3 is 1.86 bits per heavy atom. The van der Waals surface area contributed by atoms with Crippen molar-refractivity contribution in [3.63, 3.8) is 0 Å². The average Bonchev–Trinajstić information content (AvgIpc) is 2.63. The maximum Gasteiger partial charge on any atom is 0.327 e. The zero-order valence-electron chi connectivity index (χ0n) is 17.2. The molecule has 0 amide bonds. The first-order valence-electron chi connectivity index (χ1n) is 10.1. The lowest BCUT2D eigenvalue weighted by Gasteiger charge is -2.13. The van der Waals surface area contributed by atoms with Gasteiger partial charge in [-0.25, -0.2) is 0 Å². The smallest absolute Gasteiger partial charge is 0.327 e. The van der Waals surface area contributed by atoms with Gasteiger partial charge in [-0.3, -0.25) is 14.1 Å². The molecule has 0 radical (unpaired) electrons. The van der Waals surface area contributed by atoms with Gasteiger partial charge in [-0.1, -0.05) is 64.7 Å². The zero-order valence-corrected chi connectivity index (χ0v) is 18.0. The maximum atomic E-state index is 11.8. The van der Waals surface area contributed by atoms with Crippen molar-refractivity contribution in [2.24, 2.45) is 0 Å². The molecule has 9 heteroatoms. The molecule has 0 saturated heterocycles. The van der Waals surface area contributed by atoms with Gasteiger partial charge in [0.1, 0.15) is 6.61 Å². The predicted molar refractivity (Wildman–Crippen MR) is 106 cm³/mol. The van der Waals surface area contributed by atoms with E-state index >= 15 is 0 Å². The molecule has 0 aromatic heterocycles. The Bertz CT molecular complexity index is 518. The van der Waals surface area contributed by atoms with E-state index in [0.717, 1.165) is 19.3 Å². The van der Waals surface area contributed by atoms with E-state index in [2.05, 4.69) is 16.4 Å². The fourth-order valence-corrected chi connectivity index (χ4v) is 3.27. The molecule has 0 fully saturated rings. The molecule has 0 aromatic carbocycles. The van der Waals surface area contributed by atoms with Crippen LogP contribution in [0, 0.1) is 0 Å². The van der Waals surface area contributed by atoms with Crippen molar-refractivity contribution in [3.05, 3.63) is 0 Å². The van der Waals surface area contributed by atoms with Crippen LogP contribution in [0.5, 0.6) is 0 Å². The van der Waals surface area contributed by atoms with Gasteiger partial charge in [-0.15, -0.1) is 0 Å². The first-order valence-corrected chi connectivity index (χ1v) is 11.6. The normalized spacial score (nSPS) is 12.5. The largest absolute Gasteiger partial charge is 0.466 e. The molecular formula is C19H36O8S. The van der Waals surface area contributed by atoms with Crippen molar-refractivity contribution in [3.8, 4) is 0 Å². The van der Waals surface area contributed by atoms with Crippen LogP contribution in [0.15, 0.2) is 0 Å². The van der Waals surface area contributed by atoms with Gasteiger partial charge in [0.2, 0.25) is 0 Å². The van der Waals surface area contributed by atoms with E-state index in [0.29, 0.717) is 6.42 Å². The van der Waals surface area contributed by atoms with Crippen molar-refractivity contribution in [2.75, 3.05) is 26.9 Å². The summed E-state index contributed by atoms with van der Waals surface area (Å²) in [7, 11) is -3.38. The van der Waals surface area contributed by atoms with Crippen molar-refractivity contribution in [1.82, 2.24) is 0 Å². The van der Waals surface area contributed by atoms with Gasteiger partial charge in [0.15, 0.2) is 5.25 Å². The van der Waals surface area contributed by atoms with E-state index in [1.54, 1.807) is 0 Å². The van der Waals surface area contributed by atoms with Crippen LogP contribution in [0.2, 0.25) is 0 Å². The molecule has 28 heavy (non-hydrogen) atoms. The highest BCUT2D eigenvalue weighted by Crippen LogP contribution is 2.12. The van der Waals surface area contributed by atoms with Crippen LogP contribution >= 0.6 is 0 Å². The number of ether oxygens (including phenoxy) is 3. The van der Waals surface area contributed by atoms with Crippen molar-refractivity contribution in [2.45, 2.75) is 82.8 Å². The number of carbonyl (C=O) groups excluding carboxylic acids is 2. The van der Waals surface area contributed by atoms with E-state index in [1.807, 2.05) is 0 Å². The van der Waals surface area contributed by atoms with Gasteiger partial charge < -0.3 is 14.2 Å². The Labute approximate surface area is 169 Å². The van der Waals surface area contributed by atoms with E-state index in [9.17, 15) is 18.0 Å². The van der Waals surface area contributed by atoms with Crippen LogP contribution in [-0.4, -0.2) is 57.1 Å². The van der Waals surface area contributed by atoms with E-state index in [4.69, 9.17) is 9.29 Å². The van der Waals surface area contributed by atoms with E-state index in [1.165, 1.54) is 45.6 Å². The summed E-state index contributed by atoms with van der Waals surface area (Å²) >= 11 is 0. The highest BCUT2D eigenvalue weighted by atomic mass is 32.2. The Morgan fingerprint density at radius 1 is 0.821 bits per heavy atom. The van der Waals surface area contributed by atoms with Gasteiger partial charge in [0, 0.05) is 7.11 Å². The number of carbonyl (C=O) groups is 2. The standard InChI is InChI=1S/C19H36O8S/c1-3-4-5-6-7-8-9-10-11-12-13-26-18(20)16-17(28(22,23)24)19(21)27-15-14-25-2/h17H,3-16H2,1-2H3,(H,22,23,24). The van der Waals surface area contributed by atoms with Crippen molar-refractivity contribution < 1.29 is 36.8 Å². The van der Waals surface area contributed by atoms with Gasteiger partial charge in [-0.2, -0.15) is 8.42 Å². The summed E-state index contributed by atoms with van der Waals surface area (Å²) in [5.41, 5.74) is 0. The maximum absolute atomic E-state index is 11.8. The molecule has 0 saturated carbocycles. The first-order chi connectivity index (χ1) is 13.3. The molecule has 0 aliphatic carbocycles. The summed E-state index contributed by atoms with van der Waals surface area (Å²) in [6, 6.07) is 0. The molecule has 0 bridgehead atoms. The highest BCUT2D eigenvalue weighted by molar-refractivity contribution is 7.87. The van der Waals surface area contributed by atoms with Gasteiger partial charge >= 0.3 is 11.9 Å². The molecule has 8 nitrogen and oxygen atoms in total. The fraction of sp³-hybridized carbons (Fsp3) is 0.895. The summed E-state index contributed by atoms with van der Waals surface area (Å²) in [4.78, 5) is 23.5.